The van der Waals surface area contributed by atoms with Crippen LogP contribution in [-0.4, -0.2) is 39.0 Å². The fourth-order valence-electron chi connectivity index (χ4n) is 0. The average molecular weight is 145 g/mol. The van der Waals surface area contributed by atoms with E-state index in [0.717, 1.165) is 10.5 Å². The third-order valence-corrected chi connectivity index (χ3v) is 1.55. The van der Waals surface area contributed by atoms with Gasteiger partial charge >= 0.3 is 17.1 Å². The van der Waals surface area contributed by atoms with Crippen LogP contribution in [0.1, 0.15) is 13.8 Å². The molecule has 0 radical (unpaired) electrons. The summed E-state index contributed by atoms with van der Waals surface area (Å²) < 4.78 is 9.31. The number of rotatable bonds is 1. The van der Waals surface area contributed by atoms with Gasteiger partial charge in [0.05, 0.1) is 27.2 Å². The number of nitrogens with zero attached hydrogens (tertiary/aromatic N) is 1. The van der Waals surface area contributed by atoms with Crippen LogP contribution in [0.25, 0.3) is 0 Å². The summed E-state index contributed by atoms with van der Waals surface area (Å²) in [5.74, 6) is 0. The van der Waals surface area contributed by atoms with Crippen LogP contribution in [0, 0.1) is 0 Å². The molecule has 0 aliphatic heterocycles. The minimum atomic E-state index is -0.500. The molecular formula is C6H16BNO2. The fourth-order valence-corrected chi connectivity index (χ4v) is 0. The summed E-state index contributed by atoms with van der Waals surface area (Å²) >= 11 is 0. The van der Waals surface area contributed by atoms with E-state index in [1.807, 2.05) is 0 Å². The summed E-state index contributed by atoms with van der Waals surface area (Å²) in [5.41, 5.74) is 0. The molecule has 0 unspecified atom stereocenters. The Labute approximate surface area is 63.5 Å². The van der Waals surface area contributed by atoms with Gasteiger partial charge < -0.3 is 4.48 Å². The van der Waals surface area contributed by atoms with E-state index in [-0.39, 0.29) is 0 Å². The standard InChI is InChI=1S/C6H16N.BO2/c1-6(2)7(3,4)5;2-1-3/h6H,1-5H3;/q+1;-1. The Kier molecular flexibility index (Phi) is 6.67. The van der Waals surface area contributed by atoms with Crippen molar-refractivity contribution < 1.29 is 14.2 Å². The van der Waals surface area contributed by atoms with Gasteiger partial charge in [0.2, 0.25) is 0 Å². The Balaban J connectivity index is 0. The van der Waals surface area contributed by atoms with E-state index in [9.17, 15) is 0 Å². The van der Waals surface area contributed by atoms with Crippen molar-refractivity contribution in [3.63, 3.8) is 0 Å². The number of hydrogen-bond acceptors (Lipinski definition) is 2. The van der Waals surface area contributed by atoms with E-state index in [4.69, 9.17) is 9.73 Å². The molecule has 0 fully saturated rings. The third kappa shape index (κ3) is 10.6. The van der Waals surface area contributed by atoms with Gasteiger partial charge in [0.25, 0.3) is 0 Å². The molecule has 0 N–H and O–H groups in total. The Morgan fingerprint density at radius 3 is 1.40 bits per heavy atom. The second-order valence-corrected chi connectivity index (χ2v) is 3.31. The molecule has 0 spiro atoms. The topological polar surface area (TPSA) is 40.1 Å². The van der Waals surface area contributed by atoms with Crippen LogP contribution in [0.2, 0.25) is 0 Å². The van der Waals surface area contributed by atoms with Crippen molar-refractivity contribution in [2.45, 2.75) is 19.9 Å². The van der Waals surface area contributed by atoms with Crippen LogP contribution < -0.4 is 5.02 Å². The predicted octanol–water partition coefficient (Wildman–Crippen LogP) is -0.588. The molecule has 0 saturated heterocycles. The Morgan fingerprint density at radius 1 is 1.30 bits per heavy atom. The normalized spacial score (nSPS) is 9.80. The van der Waals surface area contributed by atoms with Gasteiger partial charge in [-0.3, -0.25) is 0 Å². The van der Waals surface area contributed by atoms with Gasteiger partial charge in [-0.1, -0.05) is 0 Å². The van der Waals surface area contributed by atoms with Gasteiger partial charge in [-0.05, 0) is 13.8 Å². The van der Waals surface area contributed by atoms with Gasteiger partial charge in [0.15, 0.2) is 0 Å². The summed E-state index contributed by atoms with van der Waals surface area (Å²) in [6, 6.07) is 0.736. The van der Waals surface area contributed by atoms with Gasteiger partial charge in [-0.2, -0.15) is 0 Å². The van der Waals surface area contributed by atoms with Crippen molar-refractivity contribution in [1.29, 1.82) is 0 Å². The van der Waals surface area contributed by atoms with Gasteiger partial charge in [0, 0.05) is 0 Å². The zero-order valence-electron chi connectivity index (χ0n) is 7.42. The first-order valence-corrected chi connectivity index (χ1v) is 3.23. The SMILES string of the molecule is CC(C)[N+](C)(C)C.O=B[O-]. The molecule has 10 heavy (non-hydrogen) atoms. The third-order valence-electron chi connectivity index (χ3n) is 1.55. The molecule has 0 aliphatic rings. The molecule has 60 valence electrons. The number of hydrogen-bond donors (Lipinski definition) is 0. The maximum absolute atomic E-state index is 8.25. The van der Waals surface area contributed by atoms with Crippen LogP contribution in [0.4, 0.5) is 0 Å². The van der Waals surface area contributed by atoms with Crippen molar-refractivity contribution in [3.05, 3.63) is 0 Å². The van der Waals surface area contributed by atoms with E-state index in [0.29, 0.717) is 0 Å². The maximum atomic E-state index is 8.25. The molecule has 0 saturated carbocycles. The van der Waals surface area contributed by atoms with Crippen molar-refractivity contribution in [2.75, 3.05) is 21.1 Å². The van der Waals surface area contributed by atoms with E-state index >= 15 is 0 Å². The zero-order valence-corrected chi connectivity index (χ0v) is 7.42. The van der Waals surface area contributed by atoms with E-state index in [1.54, 1.807) is 0 Å². The second-order valence-electron chi connectivity index (χ2n) is 3.31. The zero-order chi connectivity index (χ0) is 8.78. The Bertz CT molecular complexity index is 88.2. The van der Waals surface area contributed by atoms with Crippen LogP contribution in [0.3, 0.4) is 0 Å². The first-order chi connectivity index (χ1) is 4.36. The van der Waals surface area contributed by atoms with Crippen molar-refractivity contribution in [3.8, 4) is 0 Å². The van der Waals surface area contributed by atoms with Gasteiger partial charge in [-0.15, -0.1) is 0 Å². The Morgan fingerprint density at radius 2 is 1.40 bits per heavy atom. The Hall–Kier alpha value is -0.375. The average Bonchev–Trinajstić information content (AvgIpc) is 1.64. The predicted molar refractivity (Wildman–Crippen MR) is 39.6 cm³/mol. The first kappa shape index (κ1) is 12.3. The van der Waals surface area contributed by atoms with E-state index in [2.05, 4.69) is 35.0 Å². The quantitative estimate of drug-likeness (QED) is 0.365. The molecule has 0 atom stereocenters. The molecule has 0 aromatic rings. The minimum absolute atomic E-state index is 0.500. The molecule has 0 bridgehead atoms. The molecular weight excluding hydrogens is 129 g/mol. The number of quaternary nitrogens is 1. The van der Waals surface area contributed by atoms with E-state index < -0.39 is 7.35 Å². The van der Waals surface area contributed by atoms with Crippen molar-refractivity contribution in [2.24, 2.45) is 0 Å². The molecule has 0 aromatic carbocycles. The van der Waals surface area contributed by atoms with Crippen LogP contribution in [-0.2, 0) is 4.70 Å². The van der Waals surface area contributed by atoms with Crippen LogP contribution >= 0.6 is 0 Å². The van der Waals surface area contributed by atoms with Crippen LogP contribution in [0.15, 0.2) is 0 Å². The molecule has 0 amide bonds. The van der Waals surface area contributed by atoms with Gasteiger partial charge in [-0.25, -0.2) is 0 Å². The van der Waals surface area contributed by atoms with Crippen molar-refractivity contribution >= 4 is 7.35 Å². The summed E-state index contributed by atoms with van der Waals surface area (Å²) in [6.07, 6.45) is 0. The monoisotopic (exact) mass is 145 g/mol. The molecule has 0 heterocycles. The summed E-state index contributed by atoms with van der Waals surface area (Å²) in [5, 5.41) is 8.25. The second kappa shape index (κ2) is 5.41. The van der Waals surface area contributed by atoms with Crippen LogP contribution in [0.5, 0.6) is 0 Å². The summed E-state index contributed by atoms with van der Waals surface area (Å²) in [4.78, 5) is 0. The first-order valence-electron chi connectivity index (χ1n) is 3.23. The van der Waals surface area contributed by atoms with E-state index in [1.165, 1.54) is 0 Å². The summed E-state index contributed by atoms with van der Waals surface area (Å²) in [6.45, 7) is 4.44. The summed E-state index contributed by atoms with van der Waals surface area (Å²) in [7, 11) is 6.10. The van der Waals surface area contributed by atoms with Crippen molar-refractivity contribution in [1.82, 2.24) is 0 Å². The molecule has 0 aliphatic carbocycles. The van der Waals surface area contributed by atoms with Gasteiger partial charge in [0.1, 0.15) is 0 Å². The molecule has 0 rings (SSSR count). The molecule has 3 nitrogen and oxygen atoms in total. The fraction of sp³-hybridized carbons (Fsp3) is 1.00. The molecule has 4 heteroatoms. The molecule has 0 aromatic heterocycles.